The van der Waals surface area contributed by atoms with Crippen LogP contribution in [-0.4, -0.2) is 249 Å². The van der Waals surface area contributed by atoms with Gasteiger partial charge < -0.3 is 76.4 Å². The lowest BCUT2D eigenvalue weighted by Gasteiger charge is -2.36. The standard InChI is InChI=1S/C12H17N3O2.C11H19N3O2.C10H15N3O.C10H16N2O.2C9H13N3O.C9H14N2O2.C8H11N3O.C8H9N3.C8H12N2O/c1-9(2)10-7-11(14-8-13-10)12(16)15-3-5-17-6-4-15;1-9(2)10-7-11(13-8-12-10)14(3-5-15)4-6-16;1-7(2)9-3-10(12-6-11-9)13-4-8(14)5-13;1-7(2)8-5-9(10(3,4)13)12-6-11-8;1-6(2)7-4-8(9(13)10-3)12-5-11-7;1-6(2)8-4-9(11-5-10-8)12-7(3)13;1-6(2)7-3-8(9(13)4-12)11-5-10-7;1-5(2)6-3-7(8(9)12)11-4-10-6;1-6(2)7-4-8(9-3)11-5-10-7;1-6(2)8-3-7(4-11)9-5-10-8/h7-9H,3-6H2,1-2H3;7-9,15-16H,3-6H2,1-2H3;3,6-8,14H,4-5H2,1-2H3;5-7,13H,1-4H3;4-6H,1-3H3,(H,10,13);4-6H,1-3H3,(H,10,11,12,13);3,5-6,9,12-13H,4H2,1-2H3;3-5H,1-2H3,(H2,9,12);4-6H,1-2H3;3,5-6,11H,4H2,1-2H3. The predicted octanol–water partition coefficient (Wildman–Crippen LogP) is 11.2. The number of β-amino-alcohol motifs (C(OH)–C–C–N with tert-alkyl or cyclic N) is 1. The Morgan fingerprint density at radius 1 is 0.474 bits per heavy atom. The fraction of sp³-hybridized carbons (Fsp3) is 0.521. The van der Waals surface area contributed by atoms with Gasteiger partial charge in [0, 0.05) is 128 Å². The van der Waals surface area contributed by atoms with Gasteiger partial charge in [-0.1, -0.05) is 145 Å². The van der Waals surface area contributed by atoms with Crippen molar-refractivity contribution < 1.29 is 59.7 Å². The number of aliphatic hydroxyl groups is 7. The summed E-state index contributed by atoms with van der Waals surface area (Å²) in [6, 6.07) is 17.9. The summed E-state index contributed by atoms with van der Waals surface area (Å²) >= 11 is 0. The lowest BCUT2D eigenvalue weighted by atomic mass is 10.0. The molecule has 10 aromatic rings. The molecule has 0 aliphatic carbocycles. The molecule has 722 valence electrons. The highest BCUT2D eigenvalue weighted by Gasteiger charge is 2.27. The van der Waals surface area contributed by atoms with E-state index in [1.54, 1.807) is 68.5 Å². The molecule has 133 heavy (non-hydrogen) atoms. The minimum atomic E-state index is -0.902. The summed E-state index contributed by atoms with van der Waals surface area (Å²) in [5.74, 6) is 5.23. The number of nitrogens with zero attached hydrogens (tertiary/aromatic N) is 24. The van der Waals surface area contributed by atoms with Gasteiger partial charge in [-0.15, -0.1) is 4.98 Å². The molecule has 12 rings (SSSR count). The number of ether oxygens (including phenoxy) is 1. The number of nitrogens with one attached hydrogen (secondary N) is 2. The van der Waals surface area contributed by atoms with Crippen molar-refractivity contribution in [3.63, 3.8) is 0 Å². The first-order chi connectivity index (χ1) is 62.9. The van der Waals surface area contributed by atoms with Gasteiger partial charge in [0.25, 0.3) is 23.5 Å². The molecule has 0 saturated carbocycles. The van der Waals surface area contributed by atoms with Crippen molar-refractivity contribution in [2.24, 2.45) is 5.73 Å². The third kappa shape index (κ3) is 43.1. The molecule has 0 radical (unpaired) electrons. The van der Waals surface area contributed by atoms with Crippen molar-refractivity contribution in [1.29, 1.82) is 0 Å². The average Bonchev–Trinajstić information content (AvgIpc) is 0.824. The average molecular weight is 1840 g/mol. The monoisotopic (exact) mass is 1840 g/mol. The topological polar surface area (TPSA) is 541 Å². The second kappa shape index (κ2) is 60.5. The summed E-state index contributed by atoms with van der Waals surface area (Å²) in [5, 5.41) is 68.6. The zero-order valence-electron chi connectivity index (χ0n) is 81.4. The summed E-state index contributed by atoms with van der Waals surface area (Å²) < 4.78 is 5.22. The maximum absolute atomic E-state index is 12.2. The van der Waals surface area contributed by atoms with Crippen LogP contribution in [0, 0.1) is 6.57 Å². The molecule has 39 nitrogen and oxygen atoms in total. The molecule has 0 bridgehead atoms. The Kier molecular flexibility index (Phi) is 52.1. The van der Waals surface area contributed by atoms with E-state index < -0.39 is 17.6 Å². The lowest BCUT2D eigenvalue weighted by Crippen LogP contribution is -2.51. The second-order valence-electron chi connectivity index (χ2n) is 33.9. The number of carbonyl (C=O) groups is 4. The fourth-order valence-corrected chi connectivity index (χ4v) is 10.9. The Morgan fingerprint density at radius 3 is 1.29 bits per heavy atom. The largest absolute Gasteiger partial charge is 0.395 e. The maximum atomic E-state index is 12.2. The van der Waals surface area contributed by atoms with Gasteiger partial charge in [0.15, 0.2) is 0 Å². The van der Waals surface area contributed by atoms with E-state index >= 15 is 0 Å². The summed E-state index contributed by atoms with van der Waals surface area (Å²) in [6.45, 7) is 57.1. The van der Waals surface area contributed by atoms with Gasteiger partial charge in [0.1, 0.15) is 103 Å². The van der Waals surface area contributed by atoms with Gasteiger partial charge in [-0.2, -0.15) is 0 Å². The van der Waals surface area contributed by atoms with Gasteiger partial charge in [-0.3, -0.25) is 19.2 Å². The van der Waals surface area contributed by atoms with Crippen molar-refractivity contribution in [2.75, 3.05) is 94.5 Å². The quantitative estimate of drug-likeness (QED) is 0.0251. The molecule has 2 aliphatic rings. The Hall–Kier alpha value is -12.6. The second-order valence-corrected chi connectivity index (χ2v) is 33.9. The van der Waals surface area contributed by atoms with Gasteiger partial charge >= 0.3 is 0 Å². The highest BCUT2D eigenvalue weighted by atomic mass is 16.5. The molecular weight excluding hydrogens is 1700 g/mol. The minimum absolute atomic E-state index is 0.0117. The third-order valence-electron chi connectivity index (χ3n) is 19.0. The van der Waals surface area contributed by atoms with E-state index in [0.29, 0.717) is 146 Å². The van der Waals surface area contributed by atoms with Crippen LogP contribution in [0.2, 0.25) is 0 Å². The Bertz CT molecular complexity index is 5120. The normalized spacial score (nSPS) is 12.3. The maximum Gasteiger partial charge on any atom is 0.273 e. The molecule has 39 heteroatoms. The van der Waals surface area contributed by atoms with Crippen LogP contribution in [0.5, 0.6) is 0 Å². The van der Waals surface area contributed by atoms with E-state index in [1.807, 2.05) is 112 Å². The number of morpholine rings is 1. The van der Waals surface area contributed by atoms with E-state index in [1.165, 1.54) is 63.9 Å². The van der Waals surface area contributed by atoms with E-state index in [4.69, 9.17) is 37.5 Å². The molecule has 10 aromatic heterocycles. The van der Waals surface area contributed by atoms with Crippen LogP contribution in [0.15, 0.2) is 124 Å². The van der Waals surface area contributed by atoms with E-state index in [9.17, 15) is 34.5 Å². The molecule has 2 saturated heterocycles. The minimum Gasteiger partial charge on any atom is -0.395 e. The van der Waals surface area contributed by atoms with Crippen LogP contribution in [0.25, 0.3) is 4.85 Å². The van der Waals surface area contributed by atoms with Crippen LogP contribution >= 0.6 is 0 Å². The highest BCUT2D eigenvalue weighted by molar-refractivity contribution is 5.93. The lowest BCUT2D eigenvalue weighted by molar-refractivity contribution is -0.114. The molecule has 12 heterocycles. The summed E-state index contributed by atoms with van der Waals surface area (Å²) in [7, 11) is 1.58. The van der Waals surface area contributed by atoms with E-state index in [2.05, 4.69) is 175 Å². The first-order valence-corrected chi connectivity index (χ1v) is 44.2. The van der Waals surface area contributed by atoms with Gasteiger partial charge in [0.2, 0.25) is 12.2 Å². The number of carbonyl (C=O) groups excluding carboxylic acids is 4. The summed E-state index contributed by atoms with van der Waals surface area (Å²) in [4.78, 5) is 134. The number of anilines is 3. The Balaban J connectivity index is 0.000000382. The number of aliphatic hydroxyl groups excluding tert-OH is 6. The van der Waals surface area contributed by atoms with Gasteiger partial charge in [-0.05, 0) is 115 Å². The molecule has 2 fully saturated rings. The molecule has 1 atom stereocenters. The molecule has 0 aromatic carbocycles. The SMILES string of the molecule is CC(=O)Nc1cc(C(C)C)ncn1.CC(C)c1cc(C(=O)N2CCOCC2)ncn1.CC(C)c1cc(C(C)(C)O)ncn1.CC(C)c1cc(C(N)=O)ncn1.CC(C)c1cc(C(O)CO)ncn1.CC(C)c1cc(CO)ncn1.CC(C)c1cc(N(CCO)CCO)ncn1.CC(C)c1cc(N2CC(O)C2)ncn1.CNC(=O)c1cc(C(C)C)ncn1.[C-]#[N+]c1cc(C(C)C)ncn1. The number of amides is 4. The summed E-state index contributed by atoms with van der Waals surface area (Å²) in [6.07, 6.45) is 13.5. The van der Waals surface area contributed by atoms with Crippen molar-refractivity contribution in [1.82, 2.24) is 110 Å². The number of aromatic nitrogens is 20. The van der Waals surface area contributed by atoms with Crippen LogP contribution in [0.4, 0.5) is 23.3 Å². The molecule has 1 unspecified atom stereocenters. The highest BCUT2D eigenvalue weighted by Crippen LogP contribution is 2.25. The number of primary amides is 1. The van der Waals surface area contributed by atoms with Crippen molar-refractivity contribution in [2.45, 2.75) is 243 Å². The van der Waals surface area contributed by atoms with Crippen LogP contribution in [0.3, 0.4) is 0 Å². The first kappa shape index (κ1) is 115. The molecule has 4 amide bonds. The van der Waals surface area contributed by atoms with Crippen molar-refractivity contribution >= 4 is 46.9 Å². The molecular formula is C94H139N27O12. The van der Waals surface area contributed by atoms with Crippen LogP contribution in [0.1, 0.15) is 330 Å². The molecule has 0 spiro atoms. The molecule has 2 aliphatic heterocycles. The van der Waals surface area contributed by atoms with Gasteiger partial charge in [0.05, 0.1) is 62.8 Å². The van der Waals surface area contributed by atoms with E-state index in [0.717, 1.165) is 68.6 Å². The smallest absolute Gasteiger partial charge is 0.273 e. The van der Waals surface area contributed by atoms with Crippen LogP contribution in [-0.2, 0) is 21.7 Å². The van der Waals surface area contributed by atoms with Crippen molar-refractivity contribution in [3.05, 3.63) is 226 Å². The number of hydrogen-bond donors (Lipinski definition) is 10. The zero-order chi connectivity index (χ0) is 99.6. The Morgan fingerprint density at radius 2 is 0.850 bits per heavy atom. The first-order valence-electron chi connectivity index (χ1n) is 44.2. The zero-order valence-corrected chi connectivity index (χ0v) is 81.4. The van der Waals surface area contributed by atoms with Gasteiger partial charge in [-0.25, -0.2) is 94.7 Å². The predicted molar refractivity (Wildman–Crippen MR) is 508 cm³/mol. The number of rotatable bonds is 24. The Labute approximate surface area is 782 Å². The number of hydrogen-bond acceptors (Lipinski definition) is 34. The molecule has 11 N–H and O–H groups in total. The van der Waals surface area contributed by atoms with Crippen molar-refractivity contribution in [3.8, 4) is 0 Å². The summed E-state index contributed by atoms with van der Waals surface area (Å²) in [5.41, 5.74) is 16.5. The van der Waals surface area contributed by atoms with E-state index in [-0.39, 0.29) is 61.9 Å². The van der Waals surface area contributed by atoms with Crippen LogP contribution < -0.4 is 26.2 Å². The number of nitrogens with two attached hydrogens (primary N) is 1. The third-order valence-corrected chi connectivity index (χ3v) is 19.0. The fourth-order valence-electron chi connectivity index (χ4n) is 10.9.